The number of nitrogens with one attached hydrogen (secondary N) is 1. The minimum atomic E-state index is -0.947. The molecule has 1 aromatic carbocycles. The lowest BCUT2D eigenvalue weighted by atomic mass is 10.0. The smallest absolute Gasteiger partial charge is 0.337 e. The van der Waals surface area contributed by atoms with Gasteiger partial charge in [-0.2, -0.15) is 0 Å². The number of carbonyl (C=O) groups is 1. The SMILES string of the molecule is CC(C)CCCCCCNc1ccc(N)cc1C(=O)O. The van der Waals surface area contributed by atoms with Crippen LogP contribution in [0, 0.1) is 5.92 Å². The molecule has 112 valence electrons. The first kappa shape index (κ1) is 16.3. The summed E-state index contributed by atoms with van der Waals surface area (Å²) in [7, 11) is 0. The Morgan fingerprint density at radius 2 is 1.95 bits per heavy atom. The summed E-state index contributed by atoms with van der Waals surface area (Å²) in [6, 6.07) is 4.95. The fraction of sp³-hybridized carbons (Fsp3) is 0.562. The summed E-state index contributed by atoms with van der Waals surface area (Å²) < 4.78 is 0. The van der Waals surface area contributed by atoms with Gasteiger partial charge in [0.15, 0.2) is 0 Å². The number of benzene rings is 1. The normalized spacial score (nSPS) is 10.8. The number of anilines is 2. The maximum Gasteiger partial charge on any atom is 0.337 e. The lowest BCUT2D eigenvalue weighted by Gasteiger charge is -2.10. The number of nitrogens with two attached hydrogens (primary N) is 1. The van der Waals surface area contributed by atoms with Crippen molar-refractivity contribution in [1.82, 2.24) is 0 Å². The molecule has 0 aliphatic carbocycles. The van der Waals surface area contributed by atoms with E-state index in [-0.39, 0.29) is 5.56 Å². The molecule has 4 heteroatoms. The molecule has 0 fully saturated rings. The van der Waals surface area contributed by atoms with Gasteiger partial charge in [-0.1, -0.05) is 39.5 Å². The zero-order valence-electron chi connectivity index (χ0n) is 12.5. The van der Waals surface area contributed by atoms with Gasteiger partial charge in [-0.05, 0) is 30.5 Å². The van der Waals surface area contributed by atoms with Gasteiger partial charge < -0.3 is 16.2 Å². The van der Waals surface area contributed by atoms with E-state index >= 15 is 0 Å². The van der Waals surface area contributed by atoms with Crippen LogP contribution in [0.4, 0.5) is 11.4 Å². The molecule has 0 radical (unpaired) electrons. The van der Waals surface area contributed by atoms with Gasteiger partial charge in [0.2, 0.25) is 0 Å². The van der Waals surface area contributed by atoms with Crippen molar-refractivity contribution in [3.8, 4) is 0 Å². The highest BCUT2D eigenvalue weighted by Crippen LogP contribution is 2.19. The minimum Gasteiger partial charge on any atom is -0.478 e. The molecule has 0 aliphatic heterocycles. The third-order valence-corrected chi connectivity index (χ3v) is 3.30. The first-order chi connectivity index (χ1) is 9.50. The first-order valence-electron chi connectivity index (χ1n) is 7.37. The lowest BCUT2D eigenvalue weighted by Crippen LogP contribution is -2.08. The Morgan fingerprint density at radius 1 is 1.25 bits per heavy atom. The van der Waals surface area contributed by atoms with Gasteiger partial charge in [0.05, 0.1) is 5.56 Å². The number of rotatable bonds is 9. The summed E-state index contributed by atoms with van der Waals surface area (Å²) in [4.78, 5) is 11.1. The van der Waals surface area contributed by atoms with Crippen molar-refractivity contribution in [2.75, 3.05) is 17.6 Å². The fourth-order valence-electron chi connectivity index (χ4n) is 2.15. The maximum absolute atomic E-state index is 11.1. The topological polar surface area (TPSA) is 75.3 Å². The number of carboxylic acid groups (broad SMARTS) is 1. The molecule has 0 unspecified atom stereocenters. The number of carboxylic acids is 1. The average molecular weight is 278 g/mol. The van der Waals surface area contributed by atoms with Crippen LogP contribution in [0.3, 0.4) is 0 Å². The second kappa shape index (κ2) is 8.46. The van der Waals surface area contributed by atoms with Crippen molar-refractivity contribution >= 4 is 17.3 Å². The summed E-state index contributed by atoms with van der Waals surface area (Å²) in [6.45, 7) is 5.29. The second-order valence-electron chi connectivity index (χ2n) is 5.63. The van der Waals surface area contributed by atoms with Crippen molar-refractivity contribution in [3.63, 3.8) is 0 Å². The van der Waals surface area contributed by atoms with E-state index < -0.39 is 5.97 Å². The number of unbranched alkanes of at least 4 members (excludes halogenated alkanes) is 3. The van der Waals surface area contributed by atoms with E-state index in [0.717, 1.165) is 18.9 Å². The van der Waals surface area contributed by atoms with Crippen molar-refractivity contribution in [2.45, 2.75) is 46.0 Å². The quantitative estimate of drug-likeness (QED) is 0.471. The highest BCUT2D eigenvalue weighted by atomic mass is 16.4. The van der Waals surface area contributed by atoms with Crippen molar-refractivity contribution in [3.05, 3.63) is 23.8 Å². The van der Waals surface area contributed by atoms with Crippen LogP contribution in [-0.4, -0.2) is 17.6 Å². The molecule has 0 aliphatic rings. The van der Waals surface area contributed by atoms with E-state index in [1.165, 1.54) is 31.7 Å². The third kappa shape index (κ3) is 5.95. The molecule has 0 aromatic heterocycles. The predicted molar refractivity (Wildman–Crippen MR) is 84.2 cm³/mol. The van der Waals surface area contributed by atoms with Crippen LogP contribution in [0.2, 0.25) is 0 Å². The molecule has 0 saturated carbocycles. The number of aromatic carboxylic acids is 1. The van der Waals surface area contributed by atoms with Gasteiger partial charge in [0, 0.05) is 17.9 Å². The second-order valence-corrected chi connectivity index (χ2v) is 5.63. The first-order valence-corrected chi connectivity index (χ1v) is 7.37. The van der Waals surface area contributed by atoms with E-state index in [2.05, 4.69) is 19.2 Å². The van der Waals surface area contributed by atoms with E-state index in [1.807, 2.05) is 0 Å². The summed E-state index contributed by atoms with van der Waals surface area (Å²) in [5, 5.41) is 12.3. The van der Waals surface area contributed by atoms with E-state index in [9.17, 15) is 4.79 Å². The zero-order valence-corrected chi connectivity index (χ0v) is 12.5. The van der Waals surface area contributed by atoms with Crippen LogP contribution in [0.5, 0.6) is 0 Å². The van der Waals surface area contributed by atoms with E-state index in [0.29, 0.717) is 11.4 Å². The number of hydrogen-bond donors (Lipinski definition) is 3. The molecule has 4 nitrogen and oxygen atoms in total. The Hall–Kier alpha value is -1.71. The fourth-order valence-corrected chi connectivity index (χ4v) is 2.15. The molecule has 0 saturated heterocycles. The molecule has 0 spiro atoms. The van der Waals surface area contributed by atoms with Crippen LogP contribution in [0.25, 0.3) is 0 Å². The van der Waals surface area contributed by atoms with Crippen molar-refractivity contribution < 1.29 is 9.90 Å². The molecule has 4 N–H and O–H groups in total. The average Bonchev–Trinajstić information content (AvgIpc) is 2.38. The molecular formula is C16H26N2O2. The van der Waals surface area contributed by atoms with Gasteiger partial charge in [-0.3, -0.25) is 0 Å². The van der Waals surface area contributed by atoms with Crippen molar-refractivity contribution in [1.29, 1.82) is 0 Å². The summed E-state index contributed by atoms with van der Waals surface area (Å²) in [5.41, 5.74) is 6.97. The molecule has 0 amide bonds. The van der Waals surface area contributed by atoms with Gasteiger partial charge in [0.1, 0.15) is 0 Å². The van der Waals surface area contributed by atoms with Gasteiger partial charge in [-0.25, -0.2) is 4.79 Å². The van der Waals surface area contributed by atoms with Crippen LogP contribution >= 0.6 is 0 Å². The van der Waals surface area contributed by atoms with Crippen LogP contribution in [0.15, 0.2) is 18.2 Å². The molecular weight excluding hydrogens is 252 g/mol. The monoisotopic (exact) mass is 278 g/mol. The highest BCUT2D eigenvalue weighted by Gasteiger charge is 2.09. The molecule has 0 heterocycles. The minimum absolute atomic E-state index is 0.241. The summed E-state index contributed by atoms with van der Waals surface area (Å²) in [5.74, 6) is -0.169. The largest absolute Gasteiger partial charge is 0.478 e. The molecule has 1 aromatic rings. The number of nitrogen functional groups attached to an aromatic ring is 1. The predicted octanol–water partition coefficient (Wildman–Crippen LogP) is 3.99. The third-order valence-electron chi connectivity index (χ3n) is 3.30. The molecule has 0 bridgehead atoms. The molecule has 0 atom stereocenters. The van der Waals surface area contributed by atoms with Crippen LogP contribution in [-0.2, 0) is 0 Å². The molecule has 1 rings (SSSR count). The van der Waals surface area contributed by atoms with Gasteiger partial charge in [0.25, 0.3) is 0 Å². The summed E-state index contributed by atoms with van der Waals surface area (Å²) in [6.07, 6.45) is 6.04. The van der Waals surface area contributed by atoms with Gasteiger partial charge in [-0.15, -0.1) is 0 Å². The van der Waals surface area contributed by atoms with E-state index in [4.69, 9.17) is 10.8 Å². The van der Waals surface area contributed by atoms with Gasteiger partial charge >= 0.3 is 5.97 Å². The van der Waals surface area contributed by atoms with E-state index in [1.54, 1.807) is 12.1 Å². The Labute approximate surface area is 121 Å². The zero-order chi connectivity index (χ0) is 15.0. The maximum atomic E-state index is 11.1. The highest BCUT2D eigenvalue weighted by molar-refractivity contribution is 5.95. The Kier molecular flexibility index (Phi) is 6.91. The Morgan fingerprint density at radius 3 is 2.60 bits per heavy atom. The lowest BCUT2D eigenvalue weighted by molar-refractivity contribution is 0.0698. The Bertz CT molecular complexity index is 430. The molecule has 20 heavy (non-hydrogen) atoms. The van der Waals surface area contributed by atoms with Crippen LogP contribution < -0.4 is 11.1 Å². The Balaban J connectivity index is 2.30. The number of hydrogen-bond acceptors (Lipinski definition) is 3. The van der Waals surface area contributed by atoms with Crippen molar-refractivity contribution in [2.24, 2.45) is 5.92 Å². The summed E-state index contributed by atoms with van der Waals surface area (Å²) >= 11 is 0. The van der Waals surface area contributed by atoms with Crippen LogP contribution in [0.1, 0.15) is 56.3 Å². The standard InChI is InChI=1S/C16H26N2O2/c1-12(2)7-5-3-4-6-10-18-15-9-8-13(17)11-14(15)16(19)20/h8-9,11-12,18H,3-7,10,17H2,1-2H3,(H,19,20).